The van der Waals surface area contributed by atoms with Crippen molar-refractivity contribution in [3.8, 4) is 0 Å². The highest BCUT2D eigenvalue weighted by Crippen LogP contribution is 2.30. The molecule has 0 aromatic carbocycles. The number of anilines is 2. The first kappa shape index (κ1) is 14.0. The van der Waals surface area contributed by atoms with Gasteiger partial charge in [-0.1, -0.05) is 0 Å². The highest BCUT2D eigenvalue weighted by molar-refractivity contribution is 5.75. The minimum absolute atomic E-state index is 0.0416. The largest absolute Gasteiger partial charge is 0.356 e. The smallest absolute Gasteiger partial charge is 0.327 e. The number of aromatic amines is 4. The molecular formula is C12H12N8O4. The van der Waals surface area contributed by atoms with E-state index >= 15 is 0 Å². The molecule has 1 aliphatic heterocycles. The molecule has 4 heterocycles. The van der Waals surface area contributed by atoms with Crippen LogP contribution in [0.4, 0.5) is 11.5 Å². The maximum absolute atomic E-state index is 11.9. The predicted octanol–water partition coefficient (Wildman–Crippen LogP) is -1.86. The molecule has 0 amide bonds. The number of hydrogen-bond acceptors (Lipinski definition) is 7. The summed E-state index contributed by atoms with van der Waals surface area (Å²) in [6.45, 7) is 3.38. The fourth-order valence-electron chi connectivity index (χ4n) is 2.88. The molecule has 0 aliphatic carbocycles. The van der Waals surface area contributed by atoms with E-state index < -0.39 is 28.7 Å². The van der Waals surface area contributed by atoms with Crippen LogP contribution in [-0.4, -0.2) is 35.8 Å². The SMILES string of the molecule is Cc1nc2c(=O)[nH]c(=O)[nH]c2n1N1c2[nH]c(=O)[nH]c(=O)c2NC1C. The topological polar surface area (TPSA) is 165 Å². The lowest BCUT2D eigenvalue weighted by atomic mass is 10.5. The molecule has 12 nitrogen and oxygen atoms in total. The summed E-state index contributed by atoms with van der Waals surface area (Å²) in [4.78, 5) is 60.6. The molecule has 1 aliphatic rings. The summed E-state index contributed by atoms with van der Waals surface area (Å²) in [7, 11) is 0. The number of H-pyrrole nitrogens is 4. The van der Waals surface area contributed by atoms with Gasteiger partial charge in [0, 0.05) is 0 Å². The molecule has 0 saturated heterocycles. The van der Waals surface area contributed by atoms with Crippen molar-refractivity contribution in [2.45, 2.75) is 20.0 Å². The highest BCUT2D eigenvalue weighted by atomic mass is 16.2. The van der Waals surface area contributed by atoms with Gasteiger partial charge in [-0.05, 0) is 13.8 Å². The van der Waals surface area contributed by atoms with E-state index in [0.29, 0.717) is 5.82 Å². The van der Waals surface area contributed by atoms with E-state index in [1.165, 1.54) is 9.69 Å². The van der Waals surface area contributed by atoms with Gasteiger partial charge in [0.05, 0.1) is 0 Å². The molecule has 3 aromatic heterocycles. The summed E-state index contributed by atoms with van der Waals surface area (Å²) in [6, 6.07) is 0. The molecule has 0 radical (unpaired) electrons. The first-order chi connectivity index (χ1) is 11.4. The first-order valence-corrected chi connectivity index (χ1v) is 7.01. The monoisotopic (exact) mass is 332 g/mol. The lowest BCUT2D eigenvalue weighted by molar-refractivity contribution is 0.625. The molecule has 5 N–H and O–H groups in total. The zero-order valence-corrected chi connectivity index (χ0v) is 12.6. The number of aryl methyl sites for hydroxylation is 1. The van der Waals surface area contributed by atoms with Crippen molar-refractivity contribution in [1.82, 2.24) is 29.6 Å². The van der Waals surface area contributed by atoms with Crippen LogP contribution in [0.1, 0.15) is 12.7 Å². The van der Waals surface area contributed by atoms with Crippen LogP contribution in [-0.2, 0) is 0 Å². The Hall–Kier alpha value is -3.57. The minimum atomic E-state index is -0.687. The standard InChI is InChI=1S/C12H12N8O4/c1-3-13-5-7(15-11(23)17-9(5)21)19(3)20-4(2)14-6-8(20)16-12(24)18-10(6)22/h3,13H,1-2H3,(H2,15,17,21,23)(H2,16,18,22,24). The van der Waals surface area contributed by atoms with Crippen molar-refractivity contribution < 1.29 is 0 Å². The Morgan fingerprint density at radius 3 is 2.38 bits per heavy atom. The Balaban J connectivity index is 2.09. The van der Waals surface area contributed by atoms with Crippen LogP contribution in [0.3, 0.4) is 0 Å². The number of hydrogen-bond donors (Lipinski definition) is 5. The lowest BCUT2D eigenvalue weighted by Gasteiger charge is -2.25. The van der Waals surface area contributed by atoms with Crippen LogP contribution in [0.2, 0.25) is 0 Å². The number of fused-ring (bicyclic) bond motifs is 2. The van der Waals surface area contributed by atoms with Gasteiger partial charge >= 0.3 is 11.4 Å². The molecule has 1 atom stereocenters. The molecule has 0 fully saturated rings. The van der Waals surface area contributed by atoms with E-state index in [9.17, 15) is 19.2 Å². The summed E-state index contributed by atoms with van der Waals surface area (Å²) in [5.41, 5.74) is -2.19. The normalized spacial score (nSPS) is 16.4. The van der Waals surface area contributed by atoms with Crippen LogP contribution in [0.25, 0.3) is 11.2 Å². The minimum Gasteiger partial charge on any atom is -0.356 e. The Labute approximate surface area is 131 Å². The number of rotatable bonds is 1. The maximum atomic E-state index is 11.9. The number of imidazole rings is 1. The summed E-state index contributed by atoms with van der Waals surface area (Å²) >= 11 is 0. The number of nitrogens with one attached hydrogen (secondary N) is 5. The Bertz CT molecular complexity index is 1210. The van der Waals surface area contributed by atoms with E-state index in [1.807, 2.05) is 0 Å². The highest BCUT2D eigenvalue weighted by Gasteiger charge is 2.33. The van der Waals surface area contributed by atoms with Gasteiger partial charge in [0.1, 0.15) is 17.7 Å². The zero-order valence-electron chi connectivity index (χ0n) is 12.6. The third-order valence-corrected chi connectivity index (χ3v) is 3.78. The van der Waals surface area contributed by atoms with Crippen molar-refractivity contribution in [3.63, 3.8) is 0 Å². The van der Waals surface area contributed by atoms with E-state index in [1.54, 1.807) is 13.8 Å². The van der Waals surface area contributed by atoms with Crippen LogP contribution in [0, 0.1) is 6.92 Å². The van der Waals surface area contributed by atoms with E-state index in [2.05, 4.69) is 30.2 Å². The molecule has 0 bridgehead atoms. The summed E-state index contributed by atoms with van der Waals surface area (Å²) in [5, 5.41) is 4.47. The zero-order chi connectivity index (χ0) is 17.2. The van der Waals surface area contributed by atoms with Crippen LogP contribution in [0.5, 0.6) is 0 Å². The van der Waals surface area contributed by atoms with E-state index in [4.69, 9.17) is 0 Å². The Morgan fingerprint density at radius 1 is 0.958 bits per heavy atom. The molecule has 1 unspecified atom stereocenters. The molecule has 24 heavy (non-hydrogen) atoms. The van der Waals surface area contributed by atoms with Crippen molar-refractivity contribution in [2.24, 2.45) is 0 Å². The molecule has 0 spiro atoms. The van der Waals surface area contributed by atoms with Gasteiger partial charge in [0.15, 0.2) is 17.0 Å². The second-order valence-corrected chi connectivity index (χ2v) is 5.37. The van der Waals surface area contributed by atoms with Gasteiger partial charge in [-0.3, -0.25) is 29.5 Å². The molecular weight excluding hydrogens is 320 g/mol. The van der Waals surface area contributed by atoms with Crippen molar-refractivity contribution in [2.75, 3.05) is 10.3 Å². The summed E-state index contributed by atoms with van der Waals surface area (Å²) in [6.07, 6.45) is -0.446. The van der Waals surface area contributed by atoms with E-state index in [0.717, 1.165) is 0 Å². The molecule has 3 aromatic rings. The maximum Gasteiger partial charge on any atom is 0.327 e. The third-order valence-electron chi connectivity index (χ3n) is 3.78. The predicted molar refractivity (Wildman–Crippen MR) is 84.4 cm³/mol. The van der Waals surface area contributed by atoms with Crippen LogP contribution >= 0.6 is 0 Å². The van der Waals surface area contributed by atoms with Gasteiger partial charge in [-0.15, -0.1) is 0 Å². The van der Waals surface area contributed by atoms with Crippen LogP contribution < -0.4 is 32.8 Å². The van der Waals surface area contributed by atoms with Gasteiger partial charge in [0.25, 0.3) is 11.1 Å². The second kappa shape index (κ2) is 4.47. The lowest BCUT2D eigenvalue weighted by Crippen LogP contribution is -2.39. The van der Waals surface area contributed by atoms with Crippen LogP contribution in [0.15, 0.2) is 19.2 Å². The molecule has 4 rings (SSSR count). The Kier molecular flexibility index (Phi) is 2.62. The third kappa shape index (κ3) is 1.76. The fraction of sp³-hybridized carbons (Fsp3) is 0.250. The summed E-state index contributed by atoms with van der Waals surface area (Å²) in [5.74, 6) is 0.597. The Morgan fingerprint density at radius 2 is 1.62 bits per heavy atom. The molecule has 12 heteroatoms. The van der Waals surface area contributed by atoms with E-state index in [-0.39, 0.29) is 22.7 Å². The number of nitrogens with zero attached hydrogens (tertiary/aromatic N) is 3. The van der Waals surface area contributed by atoms with Crippen molar-refractivity contribution in [1.29, 1.82) is 0 Å². The molecule has 0 saturated carbocycles. The second-order valence-electron chi connectivity index (χ2n) is 5.37. The van der Waals surface area contributed by atoms with Gasteiger partial charge in [-0.2, -0.15) is 0 Å². The molecule has 124 valence electrons. The van der Waals surface area contributed by atoms with Crippen molar-refractivity contribution >= 4 is 22.7 Å². The van der Waals surface area contributed by atoms with Gasteiger partial charge < -0.3 is 5.32 Å². The van der Waals surface area contributed by atoms with Crippen molar-refractivity contribution in [3.05, 3.63) is 47.5 Å². The number of aromatic nitrogens is 6. The van der Waals surface area contributed by atoms with Gasteiger partial charge in [0.2, 0.25) is 0 Å². The quantitative estimate of drug-likeness (QED) is 0.348. The fourth-order valence-corrected chi connectivity index (χ4v) is 2.88. The summed E-state index contributed by atoms with van der Waals surface area (Å²) < 4.78 is 1.46. The van der Waals surface area contributed by atoms with Gasteiger partial charge in [-0.25, -0.2) is 24.3 Å². The average Bonchev–Trinajstić information content (AvgIpc) is 2.96. The first-order valence-electron chi connectivity index (χ1n) is 7.01. The average molecular weight is 332 g/mol.